The van der Waals surface area contributed by atoms with Gasteiger partial charge in [-0.05, 0) is 41.4 Å². The van der Waals surface area contributed by atoms with Crippen molar-refractivity contribution in [1.29, 1.82) is 0 Å². The molecule has 0 bridgehead atoms. The van der Waals surface area contributed by atoms with Gasteiger partial charge in [-0.25, -0.2) is 4.37 Å². The molecule has 4 rings (SSSR count). The van der Waals surface area contributed by atoms with Crippen LogP contribution < -0.4 is 9.64 Å². The zero-order chi connectivity index (χ0) is 14.3. The van der Waals surface area contributed by atoms with E-state index < -0.39 is 0 Å². The highest BCUT2D eigenvalue weighted by atomic mass is 32.1. The summed E-state index contributed by atoms with van der Waals surface area (Å²) in [7, 11) is 1.71. The van der Waals surface area contributed by atoms with Crippen LogP contribution in [0.3, 0.4) is 0 Å². The number of hydrogen-bond donors (Lipinski definition) is 0. The molecular weight excluding hydrogens is 282 g/mol. The molecule has 2 saturated heterocycles. The van der Waals surface area contributed by atoms with Crippen LogP contribution in [0.4, 0.5) is 5.69 Å². The summed E-state index contributed by atoms with van der Waals surface area (Å²) < 4.78 is 9.37. The molecule has 110 valence electrons. The third-order valence-electron chi connectivity index (χ3n) is 4.50. The molecule has 0 unspecified atom stereocenters. The third-order valence-corrected chi connectivity index (χ3v) is 5.13. The van der Waals surface area contributed by atoms with Gasteiger partial charge in [0.15, 0.2) is 0 Å². The van der Waals surface area contributed by atoms with Gasteiger partial charge in [0.25, 0.3) is 0 Å². The molecule has 1 spiro atoms. The summed E-state index contributed by atoms with van der Waals surface area (Å²) in [6.07, 6.45) is 1.99. The number of methoxy groups -OCH3 is 1. The Bertz CT molecular complexity index is 597. The standard InChI is InChI=1S/C16H19N3OS/c1-20-15-4-2-14(3-5-15)19-11-16(12-19)9-18(10-16)7-13-6-17-21-8-13/h2-6,8H,7,9-12H2,1H3. The molecule has 5 heteroatoms. The van der Waals surface area contributed by atoms with E-state index in [1.165, 1.54) is 37.4 Å². The summed E-state index contributed by atoms with van der Waals surface area (Å²) in [5.41, 5.74) is 3.19. The Hall–Kier alpha value is -1.59. The fourth-order valence-corrected chi connectivity index (χ4v) is 4.04. The van der Waals surface area contributed by atoms with Gasteiger partial charge in [-0.3, -0.25) is 4.90 Å². The van der Waals surface area contributed by atoms with Crippen molar-refractivity contribution in [3.05, 3.63) is 41.4 Å². The van der Waals surface area contributed by atoms with E-state index in [1.807, 2.05) is 18.3 Å². The molecule has 1 aromatic heterocycles. The van der Waals surface area contributed by atoms with Gasteiger partial charge in [-0.15, -0.1) is 0 Å². The molecule has 21 heavy (non-hydrogen) atoms. The zero-order valence-corrected chi connectivity index (χ0v) is 13.0. The molecule has 0 saturated carbocycles. The number of benzene rings is 1. The van der Waals surface area contributed by atoms with Crippen LogP contribution in [0, 0.1) is 5.41 Å². The highest BCUT2D eigenvalue weighted by Crippen LogP contribution is 2.42. The van der Waals surface area contributed by atoms with Gasteiger partial charge >= 0.3 is 0 Å². The Kier molecular flexibility index (Phi) is 3.12. The second kappa shape index (κ2) is 5.00. The maximum atomic E-state index is 5.21. The Balaban J connectivity index is 1.29. The van der Waals surface area contributed by atoms with Crippen molar-refractivity contribution >= 4 is 17.2 Å². The van der Waals surface area contributed by atoms with Gasteiger partial charge < -0.3 is 9.64 Å². The molecule has 2 aliphatic heterocycles. The molecule has 0 amide bonds. The molecule has 3 heterocycles. The normalized spacial score (nSPS) is 20.1. The van der Waals surface area contributed by atoms with Crippen molar-refractivity contribution in [1.82, 2.24) is 9.27 Å². The minimum absolute atomic E-state index is 0.531. The Morgan fingerprint density at radius 3 is 2.57 bits per heavy atom. The molecule has 0 atom stereocenters. The lowest BCUT2D eigenvalue weighted by molar-refractivity contribution is -0.0272. The predicted octanol–water partition coefficient (Wildman–Crippen LogP) is 2.47. The quantitative estimate of drug-likeness (QED) is 0.867. The first-order valence-electron chi connectivity index (χ1n) is 7.26. The lowest BCUT2D eigenvalue weighted by Gasteiger charge is -2.61. The number of nitrogens with zero attached hydrogens (tertiary/aromatic N) is 3. The molecule has 0 radical (unpaired) electrons. The summed E-state index contributed by atoms with van der Waals surface area (Å²) in [6.45, 7) is 5.85. The van der Waals surface area contributed by atoms with E-state index in [0.29, 0.717) is 5.41 Å². The van der Waals surface area contributed by atoms with Crippen LogP contribution in [0.5, 0.6) is 5.75 Å². The van der Waals surface area contributed by atoms with E-state index in [-0.39, 0.29) is 0 Å². The molecule has 1 aromatic carbocycles. The van der Waals surface area contributed by atoms with E-state index in [0.717, 1.165) is 12.3 Å². The van der Waals surface area contributed by atoms with Crippen molar-refractivity contribution in [2.24, 2.45) is 5.41 Å². The van der Waals surface area contributed by atoms with Gasteiger partial charge in [0, 0.05) is 55.4 Å². The summed E-state index contributed by atoms with van der Waals surface area (Å²) in [5, 5.41) is 2.15. The van der Waals surface area contributed by atoms with E-state index in [9.17, 15) is 0 Å². The first-order chi connectivity index (χ1) is 10.3. The van der Waals surface area contributed by atoms with Crippen LogP contribution in [0.15, 0.2) is 35.8 Å². The number of rotatable bonds is 4. The lowest BCUT2D eigenvalue weighted by Crippen LogP contribution is -2.71. The van der Waals surface area contributed by atoms with Crippen molar-refractivity contribution in [3.8, 4) is 5.75 Å². The van der Waals surface area contributed by atoms with Crippen molar-refractivity contribution in [2.75, 3.05) is 38.2 Å². The second-order valence-electron chi connectivity index (χ2n) is 6.23. The molecule has 2 aromatic rings. The minimum Gasteiger partial charge on any atom is -0.497 e. The molecule has 2 aliphatic rings. The average molecular weight is 301 g/mol. The monoisotopic (exact) mass is 301 g/mol. The summed E-state index contributed by atoms with van der Waals surface area (Å²) in [6, 6.07) is 8.38. The maximum Gasteiger partial charge on any atom is 0.119 e. The van der Waals surface area contributed by atoms with Gasteiger partial charge in [0.1, 0.15) is 5.75 Å². The molecule has 0 N–H and O–H groups in total. The van der Waals surface area contributed by atoms with E-state index >= 15 is 0 Å². The lowest BCUT2D eigenvalue weighted by atomic mass is 9.72. The zero-order valence-electron chi connectivity index (χ0n) is 12.2. The highest BCUT2D eigenvalue weighted by Gasteiger charge is 2.51. The van der Waals surface area contributed by atoms with Crippen LogP contribution in [-0.4, -0.2) is 42.6 Å². The average Bonchev–Trinajstić information content (AvgIpc) is 2.93. The fourth-order valence-electron chi connectivity index (χ4n) is 3.52. The van der Waals surface area contributed by atoms with Crippen LogP contribution in [-0.2, 0) is 6.54 Å². The number of anilines is 1. The fraction of sp³-hybridized carbons (Fsp3) is 0.438. The molecular formula is C16H19N3OS. The van der Waals surface area contributed by atoms with Gasteiger partial charge in [0.2, 0.25) is 0 Å². The largest absolute Gasteiger partial charge is 0.497 e. The van der Waals surface area contributed by atoms with E-state index in [4.69, 9.17) is 4.74 Å². The third kappa shape index (κ3) is 2.40. The summed E-state index contributed by atoms with van der Waals surface area (Å²) in [5.74, 6) is 0.924. The van der Waals surface area contributed by atoms with Gasteiger partial charge in [-0.2, -0.15) is 0 Å². The van der Waals surface area contributed by atoms with Crippen LogP contribution >= 0.6 is 11.5 Å². The smallest absolute Gasteiger partial charge is 0.119 e. The van der Waals surface area contributed by atoms with Gasteiger partial charge in [0.05, 0.1) is 7.11 Å². The molecule has 0 aliphatic carbocycles. The van der Waals surface area contributed by atoms with Crippen LogP contribution in [0.25, 0.3) is 0 Å². The predicted molar refractivity (Wildman–Crippen MR) is 85.0 cm³/mol. The number of aromatic nitrogens is 1. The number of ether oxygens (including phenoxy) is 1. The first kappa shape index (κ1) is 13.1. The van der Waals surface area contributed by atoms with Crippen molar-refractivity contribution < 1.29 is 4.74 Å². The number of hydrogen-bond acceptors (Lipinski definition) is 5. The van der Waals surface area contributed by atoms with Crippen LogP contribution in [0.1, 0.15) is 5.56 Å². The minimum atomic E-state index is 0.531. The summed E-state index contributed by atoms with van der Waals surface area (Å²) >= 11 is 1.54. The van der Waals surface area contributed by atoms with Crippen molar-refractivity contribution in [3.63, 3.8) is 0 Å². The second-order valence-corrected chi connectivity index (χ2v) is 6.89. The first-order valence-corrected chi connectivity index (χ1v) is 8.10. The Morgan fingerprint density at radius 1 is 1.19 bits per heavy atom. The summed E-state index contributed by atoms with van der Waals surface area (Å²) in [4.78, 5) is 4.98. The molecule has 2 fully saturated rings. The van der Waals surface area contributed by atoms with Crippen molar-refractivity contribution in [2.45, 2.75) is 6.54 Å². The Morgan fingerprint density at radius 2 is 1.95 bits per heavy atom. The Labute approximate surface area is 129 Å². The maximum absolute atomic E-state index is 5.21. The van der Waals surface area contributed by atoms with E-state index in [1.54, 1.807) is 18.6 Å². The van der Waals surface area contributed by atoms with E-state index in [2.05, 4.69) is 31.7 Å². The SMILES string of the molecule is COc1ccc(N2CC3(CN(Cc4cnsc4)C3)C2)cc1. The van der Waals surface area contributed by atoms with Crippen LogP contribution in [0.2, 0.25) is 0 Å². The number of likely N-dealkylation sites (tertiary alicyclic amines) is 1. The molecule has 4 nitrogen and oxygen atoms in total. The topological polar surface area (TPSA) is 28.6 Å². The highest BCUT2D eigenvalue weighted by molar-refractivity contribution is 7.03. The van der Waals surface area contributed by atoms with Gasteiger partial charge in [-0.1, -0.05) is 0 Å².